The fraction of sp³-hybridized carbons (Fsp3) is 0.292. The van der Waals surface area contributed by atoms with Crippen LogP contribution in [0, 0.1) is 28.1 Å². The summed E-state index contributed by atoms with van der Waals surface area (Å²) in [6.07, 6.45) is 8.72. The molecular formula is C24H29BN8O2. The van der Waals surface area contributed by atoms with Crippen LogP contribution >= 0.6 is 0 Å². The summed E-state index contributed by atoms with van der Waals surface area (Å²) < 4.78 is 0. The molecule has 0 atom stereocenters. The maximum absolute atomic E-state index is 10.2. The van der Waals surface area contributed by atoms with Crippen LogP contribution in [0.4, 0.5) is 5.69 Å². The van der Waals surface area contributed by atoms with Gasteiger partial charge in [0.1, 0.15) is 11.9 Å². The summed E-state index contributed by atoms with van der Waals surface area (Å²) >= 11 is 0. The highest BCUT2D eigenvalue weighted by Gasteiger charge is 2.28. The number of allylic oxidation sites excluding steroid dienone is 1. The quantitative estimate of drug-likeness (QED) is 0.228. The standard InChI is InChI=1S/C24H29BN8O2/c1-30-8-5-22(28)20-4-3-19(17-11-18(25(34)35)14-31-13-17)23(21(20)12-26)33-9-6-16(7-10-33)24(29)32(2)15-27/h3-5,8,11,13-16,27,29,34-35H,6-7,9-10,28H2,1-2H3. The van der Waals surface area contributed by atoms with Crippen LogP contribution in [0.3, 0.4) is 0 Å². The SMILES string of the molecule is CN=CC=C(N)c1ccc(-c2cncc(B(O)O)c2)c(N2CCC(C(=N)N(C)C=N)CC2)c1C#N. The average molecular weight is 472 g/mol. The second kappa shape index (κ2) is 11.4. The van der Waals surface area contributed by atoms with Crippen molar-refractivity contribution in [3.8, 4) is 17.2 Å². The molecule has 1 aromatic heterocycles. The topological polar surface area (TPSA) is 170 Å². The fourth-order valence-electron chi connectivity index (χ4n) is 4.23. The van der Waals surface area contributed by atoms with Gasteiger partial charge in [0.15, 0.2) is 0 Å². The maximum atomic E-state index is 10.2. The number of nitrogens with one attached hydrogen (secondary N) is 2. The number of hydrogen-bond donors (Lipinski definition) is 5. The molecule has 1 aliphatic rings. The van der Waals surface area contributed by atoms with Crippen LogP contribution in [0.15, 0.2) is 41.7 Å². The highest BCUT2D eigenvalue weighted by molar-refractivity contribution is 6.58. The summed E-state index contributed by atoms with van der Waals surface area (Å²) in [5.74, 6) is 0.407. The predicted molar refractivity (Wildman–Crippen MR) is 140 cm³/mol. The Hall–Kier alpha value is -4.01. The van der Waals surface area contributed by atoms with Gasteiger partial charge in [-0.05, 0) is 18.9 Å². The number of aliphatic imine (C=N–C) groups is 1. The molecule has 0 saturated carbocycles. The smallest absolute Gasteiger partial charge is 0.423 e. The number of amidine groups is 1. The molecule has 1 aliphatic heterocycles. The van der Waals surface area contributed by atoms with Crippen LogP contribution in [-0.4, -0.2) is 72.6 Å². The van der Waals surface area contributed by atoms with Gasteiger partial charge in [-0.3, -0.25) is 20.8 Å². The van der Waals surface area contributed by atoms with Gasteiger partial charge in [0.2, 0.25) is 0 Å². The first-order valence-corrected chi connectivity index (χ1v) is 11.2. The van der Waals surface area contributed by atoms with E-state index in [2.05, 4.69) is 20.9 Å². The molecule has 10 nitrogen and oxygen atoms in total. The maximum Gasteiger partial charge on any atom is 0.490 e. The van der Waals surface area contributed by atoms with Gasteiger partial charge < -0.3 is 25.6 Å². The average Bonchev–Trinajstić information content (AvgIpc) is 2.90. The van der Waals surface area contributed by atoms with Gasteiger partial charge in [-0.25, -0.2) is 0 Å². The van der Waals surface area contributed by atoms with E-state index in [1.165, 1.54) is 11.1 Å². The zero-order chi connectivity index (χ0) is 25.5. The zero-order valence-electron chi connectivity index (χ0n) is 19.8. The van der Waals surface area contributed by atoms with E-state index in [0.717, 1.165) is 11.9 Å². The van der Waals surface area contributed by atoms with Crippen molar-refractivity contribution in [3.63, 3.8) is 0 Å². The molecule has 35 heavy (non-hydrogen) atoms. The van der Waals surface area contributed by atoms with Crippen molar-refractivity contribution in [2.24, 2.45) is 16.6 Å². The molecule has 2 aromatic rings. The van der Waals surface area contributed by atoms with Crippen LogP contribution in [0.5, 0.6) is 0 Å². The van der Waals surface area contributed by atoms with Crippen LogP contribution in [-0.2, 0) is 0 Å². The van der Waals surface area contributed by atoms with Gasteiger partial charge >= 0.3 is 7.12 Å². The van der Waals surface area contributed by atoms with E-state index in [1.54, 1.807) is 44.7 Å². The Morgan fingerprint density at radius 2 is 2.06 bits per heavy atom. The molecular weight excluding hydrogens is 443 g/mol. The minimum atomic E-state index is -1.67. The summed E-state index contributed by atoms with van der Waals surface area (Å²) in [6.45, 7) is 1.19. The van der Waals surface area contributed by atoms with Gasteiger partial charge in [-0.15, -0.1) is 0 Å². The van der Waals surface area contributed by atoms with Gasteiger partial charge in [-0.2, -0.15) is 5.26 Å². The van der Waals surface area contributed by atoms with Crippen molar-refractivity contribution in [3.05, 3.63) is 47.8 Å². The zero-order valence-corrected chi connectivity index (χ0v) is 19.8. The molecule has 1 aromatic carbocycles. The molecule has 0 spiro atoms. The van der Waals surface area contributed by atoms with E-state index in [-0.39, 0.29) is 11.4 Å². The molecule has 0 radical (unpaired) electrons. The molecule has 3 rings (SSSR count). The second-order valence-electron chi connectivity index (χ2n) is 8.29. The Labute approximate surface area is 205 Å². The van der Waals surface area contributed by atoms with E-state index in [0.29, 0.717) is 59.8 Å². The van der Waals surface area contributed by atoms with E-state index < -0.39 is 7.12 Å². The Bertz CT molecular complexity index is 1200. The third kappa shape index (κ3) is 5.56. The van der Waals surface area contributed by atoms with Crippen molar-refractivity contribution in [2.75, 3.05) is 32.1 Å². The van der Waals surface area contributed by atoms with Crippen molar-refractivity contribution < 1.29 is 10.0 Å². The van der Waals surface area contributed by atoms with Crippen LogP contribution in [0.2, 0.25) is 0 Å². The lowest BCUT2D eigenvalue weighted by atomic mass is 9.80. The molecule has 6 N–H and O–H groups in total. The first kappa shape index (κ1) is 25.6. The highest BCUT2D eigenvalue weighted by atomic mass is 16.4. The third-order valence-corrected chi connectivity index (χ3v) is 6.14. The number of benzene rings is 1. The van der Waals surface area contributed by atoms with Gasteiger partial charge in [0, 0.05) is 79.6 Å². The Balaban J connectivity index is 2.11. The molecule has 0 bridgehead atoms. The molecule has 0 unspecified atom stereocenters. The molecule has 180 valence electrons. The fourth-order valence-corrected chi connectivity index (χ4v) is 4.23. The number of nitriles is 1. The van der Waals surface area contributed by atoms with Crippen LogP contribution in [0.1, 0.15) is 24.0 Å². The summed E-state index contributed by atoms with van der Waals surface area (Å²) in [5.41, 5.74) is 9.97. The largest absolute Gasteiger partial charge is 0.490 e. The van der Waals surface area contributed by atoms with E-state index >= 15 is 0 Å². The minimum absolute atomic E-state index is 0.00952. The molecule has 0 aliphatic carbocycles. The Morgan fingerprint density at radius 3 is 2.66 bits per heavy atom. The van der Waals surface area contributed by atoms with E-state index in [1.807, 2.05) is 6.07 Å². The number of hydrogen-bond acceptors (Lipinski definition) is 9. The van der Waals surface area contributed by atoms with Crippen molar-refractivity contribution >= 4 is 42.4 Å². The number of piperidine rings is 1. The lowest BCUT2D eigenvalue weighted by Gasteiger charge is -2.37. The van der Waals surface area contributed by atoms with Gasteiger partial charge in [0.25, 0.3) is 0 Å². The number of pyridine rings is 1. The summed E-state index contributed by atoms with van der Waals surface area (Å²) in [6, 6.07) is 7.59. The number of anilines is 1. The van der Waals surface area contributed by atoms with Crippen molar-refractivity contribution in [1.82, 2.24) is 9.88 Å². The number of aromatic nitrogens is 1. The monoisotopic (exact) mass is 472 g/mol. The van der Waals surface area contributed by atoms with Crippen molar-refractivity contribution in [2.45, 2.75) is 12.8 Å². The first-order chi connectivity index (χ1) is 16.8. The summed E-state index contributed by atoms with van der Waals surface area (Å²) in [4.78, 5) is 11.7. The molecule has 11 heteroatoms. The second-order valence-corrected chi connectivity index (χ2v) is 8.29. The molecule has 0 amide bonds. The number of rotatable bonds is 7. The molecule has 1 fully saturated rings. The molecule has 1 saturated heterocycles. The minimum Gasteiger partial charge on any atom is -0.423 e. The van der Waals surface area contributed by atoms with Crippen molar-refractivity contribution in [1.29, 1.82) is 16.1 Å². The van der Waals surface area contributed by atoms with E-state index in [9.17, 15) is 15.3 Å². The number of nitrogens with two attached hydrogens (primary N) is 1. The van der Waals surface area contributed by atoms with Crippen LogP contribution in [0.25, 0.3) is 16.8 Å². The third-order valence-electron chi connectivity index (χ3n) is 6.14. The molecule has 2 heterocycles. The van der Waals surface area contributed by atoms with Gasteiger partial charge in [-0.1, -0.05) is 18.2 Å². The summed E-state index contributed by atoms with van der Waals surface area (Å²) in [7, 11) is 1.66. The number of nitrogens with zero attached hydrogens (tertiary/aromatic N) is 5. The highest BCUT2D eigenvalue weighted by Crippen LogP contribution is 2.38. The van der Waals surface area contributed by atoms with E-state index in [4.69, 9.17) is 16.6 Å². The van der Waals surface area contributed by atoms with Gasteiger partial charge in [0.05, 0.1) is 17.6 Å². The lowest BCUT2D eigenvalue weighted by molar-refractivity contribution is 0.425. The normalized spacial score (nSPS) is 14.6. The summed E-state index contributed by atoms with van der Waals surface area (Å²) in [5, 5.41) is 45.2. The van der Waals surface area contributed by atoms with Crippen LogP contribution < -0.4 is 16.1 Å². The Kier molecular flexibility index (Phi) is 8.36. The Morgan fingerprint density at radius 1 is 1.34 bits per heavy atom. The lowest BCUT2D eigenvalue weighted by Crippen LogP contribution is -2.41. The predicted octanol–water partition coefficient (Wildman–Crippen LogP) is 1.03. The first-order valence-electron chi connectivity index (χ1n) is 11.2.